The molecule has 3 nitrogen and oxygen atoms in total. The quantitative estimate of drug-likeness (QED) is 0.843. The van der Waals surface area contributed by atoms with Gasteiger partial charge in [0.25, 0.3) is 0 Å². The number of nitrogens with zero attached hydrogens (tertiary/aromatic N) is 1. The first-order valence-corrected chi connectivity index (χ1v) is 6.24. The summed E-state index contributed by atoms with van der Waals surface area (Å²) in [6.45, 7) is 3.14. The Balaban J connectivity index is 2.41. The normalized spacial score (nSPS) is 10.2. The zero-order chi connectivity index (χ0) is 12.7. The maximum atomic E-state index is 10.9. The number of carbonyl (C=O) groups is 1. The molecule has 0 spiro atoms. The second kappa shape index (κ2) is 7.17. The molecule has 0 fully saturated rings. The summed E-state index contributed by atoms with van der Waals surface area (Å²) in [4.78, 5) is 12.4. The Hall–Kier alpha value is -1.22. The summed E-state index contributed by atoms with van der Waals surface area (Å²) in [5.41, 5.74) is 1.08. The van der Waals surface area contributed by atoms with Crippen LogP contribution in [0.5, 0.6) is 0 Å². The Labute approximate surface area is 107 Å². The highest BCUT2D eigenvalue weighted by molar-refractivity contribution is 6.31. The molecule has 1 rings (SSSR count). The standard InChI is InChI=1S/C13H18ClNO2/c1-2-9-15(13(16)17)10-5-7-11-6-3-4-8-12(11)14/h3-4,6,8H,2,5,7,9-10H2,1H3,(H,16,17). The molecule has 0 bridgehead atoms. The van der Waals surface area contributed by atoms with Crippen LogP contribution in [0.2, 0.25) is 5.02 Å². The van der Waals surface area contributed by atoms with Crippen molar-refractivity contribution in [2.75, 3.05) is 13.1 Å². The van der Waals surface area contributed by atoms with Gasteiger partial charge < -0.3 is 10.0 Å². The Morgan fingerprint density at radius 3 is 2.65 bits per heavy atom. The third-order valence-corrected chi connectivity index (χ3v) is 2.96. The van der Waals surface area contributed by atoms with E-state index in [0.717, 1.165) is 29.8 Å². The van der Waals surface area contributed by atoms with Gasteiger partial charge in [-0.05, 0) is 30.9 Å². The number of amides is 1. The van der Waals surface area contributed by atoms with Gasteiger partial charge in [0.05, 0.1) is 0 Å². The molecular formula is C13H18ClNO2. The molecule has 1 amide bonds. The van der Waals surface area contributed by atoms with E-state index in [1.165, 1.54) is 4.90 Å². The highest BCUT2D eigenvalue weighted by Crippen LogP contribution is 2.16. The summed E-state index contributed by atoms with van der Waals surface area (Å²) >= 11 is 6.03. The van der Waals surface area contributed by atoms with E-state index in [1.807, 2.05) is 31.2 Å². The Morgan fingerprint density at radius 1 is 1.35 bits per heavy atom. The topological polar surface area (TPSA) is 40.5 Å². The molecule has 0 aromatic heterocycles. The van der Waals surface area contributed by atoms with Gasteiger partial charge in [-0.2, -0.15) is 0 Å². The molecule has 0 atom stereocenters. The lowest BCUT2D eigenvalue weighted by atomic mass is 10.1. The molecule has 0 saturated heterocycles. The van der Waals surface area contributed by atoms with E-state index in [2.05, 4.69) is 0 Å². The first-order chi connectivity index (χ1) is 8.15. The van der Waals surface area contributed by atoms with Crippen molar-refractivity contribution in [1.29, 1.82) is 0 Å². The van der Waals surface area contributed by atoms with Crippen LogP contribution >= 0.6 is 11.6 Å². The van der Waals surface area contributed by atoms with Crippen LogP contribution in [0.4, 0.5) is 4.79 Å². The zero-order valence-electron chi connectivity index (χ0n) is 10.0. The number of halogens is 1. The van der Waals surface area contributed by atoms with Crippen LogP contribution in [0.15, 0.2) is 24.3 Å². The molecule has 0 heterocycles. The number of benzene rings is 1. The lowest BCUT2D eigenvalue weighted by Crippen LogP contribution is -2.31. The maximum absolute atomic E-state index is 10.9. The molecule has 0 aliphatic heterocycles. The highest BCUT2D eigenvalue weighted by Gasteiger charge is 2.09. The number of aryl methyl sites for hydroxylation is 1. The van der Waals surface area contributed by atoms with Gasteiger partial charge >= 0.3 is 6.09 Å². The first-order valence-electron chi connectivity index (χ1n) is 5.86. The summed E-state index contributed by atoms with van der Waals surface area (Å²) < 4.78 is 0. The summed E-state index contributed by atoms with van der Waals surface area (Å²) in [7, 11) is 0. The predicted molar refractivity (Wildman–Crippen MR) is 69.7 cm³/mol. The minimum absolute atomic E-state index is 0.564. The molecule has 0 unspecified atom stereocenters. The minimum atomic E-state index is -0.842. The van der Waals surface area contributed by atoms with Crippen molar-refractivity contribution in [3.8, 4) is 0 Å². The molecule has 4 heteroatoms. The van der Waals surface area contributed by atoms with Crippen molar-refractivity contribution in [3.63, 3.8) is 0 Å². The summed E-state index contributed by atoms with van der Waals surface area (Å²) in [5, 5.41) is 9.71. The average Bonchev–Trinajstić information content (AvgIpc) is 2.30. The van der Waals surface area contributed by atoms with Gasteiger partial charge in [0.15, 0.2) is 0 Å². The average molecular weight is 256 g/mol. The van der Waals surface area contributed by atoms with Crippen molar-refractivity contribution in [3.05, 3.63) is 34.9 Å². The zero-order valence-corrected chi connectivity index (χ0v) is 10.8. The molecular weight excluding hydrogens is 238 g/mol. The van der Waals surface area contributed by atoms with E-state index >= 15 is 0 Å². The van der Waals surface area contributed by atoms with Crippen LogP contribution in [0, 0.1) is 0 Å². The second-order valence-electron chi connectivity index (χ2n) is 3.96. The van der Waals surface area contributed by atoms with Crippen molar-refractivity contribution in [1.82, 2.24) is 4.90 Å². The molecule has 0 radical (unpaired) electrons. The van der Waals surface area contributed by atoms with Crippen LogP contribution in [0.25, 0.3) is 0 Å². The Bertz CT molecular complexity index is 368. The summed E-state index contributed by atoms with van der Waals surface area (Å²) in [6, 6.07) is 7.68. The fraction of sp³-hybridized carbons (Fsp3) is 0.462. The van der Waals surface area contributed by atoms with Crippen molar-refractivity contribution in [2.24, 2.45) is 0 Å². The molecule has 1 aromatic rings. The molecule has 1 N–H and O–H groups in total. The van der Waals surface area contributed by atoms with E-state index in [1.54, 1.807) is 0 Å². The number of hydrogen-bond donors (Lipinski definition) is 1. The van der Waals surface area contributed by atoms with E-state index in [0.29, 0.717) is 13.1 Å². The van der Waals surface area contributed by atoms with Crippen LogP contribution in [0.3, 0.4) is 0 Å². The van der Waals surface area contributed by atoms with E-state index < -0.39 is 6.09 Å². The molecule has 94 valence electrons. The molecule has 0 aliphatic carbocycles. The van der Waals surface area contributed by atoms with E-state index in [9.17, 15) is 4.79 Å². The summed E-state index contributed by atoms with van der Waals surface area (Å²) in [6.07, 6.45) is 1.62. The van der Waals surface area contributed by atoms with Crippen molar-refractivity contribution in [2.45, 2.75) is 26.2 Å². The predicted octanol–water partition coefficient (Wildman–Crippen LogP) is 3.66. The Morgan fingerprint density at radius 2 is 2.06 bits per heavy atom. The van der Waals surface area contributed by atoms with Gasteiger partial charge in [0, 0.05) is 18.1 Å². The number of hydrogen-bond acceptors (Lipinski definition) is 1. The summed E-state index contributed by atoms with van der Waals surface area (Å²) in [5.74, 6) is 0. The monoisotopic (exact) mass is 255 g/mol. The largest absolute Gasteiger partial charge is 0.465 e. The van der Waals surface area contributed by atoms with Crippen LogP contribution < -0.4 is 0 Å². The SMILES string of the molecule is CCCN(CCCc1ccccc1Cl)C(=O)O. The smallest absolute Gasteiger partial charge is 0.407 e. The lowest BCUT2D eigenvalue weighted by Gasteiger charge is -2.18. The van der Waals surface area contributed by atoms with Crippen LogP contribution in [0.1, 0.15) is 25.3 Å². The van der Waals surface area contributed by atoms with Gasteiger partial charge in [-0.1, -0.05) is 36.7 Å². The fourth-order valence-corrected chi connectivity index (χ4v) is 1.96. The Kier molecular flexibility index (Phi) is 5.84. The molecule has 0 saturated carbocycles. The van der Waals surface area contributed by atoms with Crippen molar-refractivity contribution >= 4 is 17.7 Å². The number of carboxylic acid groups (broad SMARTS) is 1. The van der Waals surface area contributed by atoms with Crippen molar-refractivity contribution < 1.29 is 9.90 Å². The van der Waals surface area contributed by atoms with Gasteiger partial charge in [0.1, 0.15) is 0 Å². The third kappa shape index (κ3) is 4.65. The number of rotatable bonds is 6. The second-order valence-corrected chi connectivity index (χ2v) is 4.37. The molecule has 17 heavy (non-hydrogen) atoms. The van der Waals surface area contributed by atoms with Gasteiger partial charge in [0.2, 0.25) is 0 Å². The third-order valence-electron chi connectivity index (χ3n) is 2.60. The van der Waals surface area contributed by atoms with Crippen LogP contribution in [-0.4, -0.2) is 29.2 Å². The first kappa shape index (κ1) is 13.8. The fourth-order valence-electron chi connectivity index (χ4n) is 1.73. The van der Waals surface area contributed by atoms with Crippen LogP contribution in [-0.2, 0) is 6.42 Å². The van der Waals surface area contributed by atoms with E-state index in [-0.39, 0.29) is 0 Å². The van der Waals surface area contributed by atoms with Gasteiger partial charge in [-0.3, -0.25) is 0 Å². The highest BCUT2D eigenvalue weighted by atomic mass is 35.5. The maximum Gasteiger partial charge on any atom is 0.407 e. The van der Waals surface area contributed by atoms with Gasteiger partial charge in [-0.25, -0.2) is 4.79 Å². The van der Waals surface area contributed by atoms with Gasteiger partial charge in [-0.15, -0.1) is 0 Å². The lowest BCUT2D eigenvalue weighted by molar-refractivity contribution is 0.144. The minimum Gasteiger partial charge on any atom is -0.465 e. The molecule has 1 aromatic carbocycles. The van der Waals surface area contributed by atoms with E-state index in [4.69, 9.17) is 16.7 Å². The molecule has 0 aliphatic rings.